The fourth-order valence-corrected chi connectivity index (χ4v) is 7.17. The number of hydrogen-bond donors (Lipinski definition) is 0. The molecule has 0 spiro atoms. The van der Waals surface area contributed by atoms with Crippen LogP contribution in [0.3, 0.4) is 0 Å². The lowest BCUT2D eigenvalue weighted by Crippen LogP contribution is -2.48. The minimum atomic E-state index is -3.74. The predicted octanol–water partition coefficient (Wildman–Crippen LogP) is 4.14. The molecule has 8 nitrogen and oxygen atoms in total. The zero-order chi connectivity index (χ0) is 27.0. The topological polar surface area (TPSA) is 85.4 Å². The third kappa shape index (κ3) is 7.27. The van der Waals surface area contributed by atoms with Gasteiger partial charge in [-0.15, -0.1) is 0 Å². The van der Waals surface area contributed by atoms with Crippen LogP contribution >= 0.6 is 0 Å². The molecule has 2 heterocycles. The van der Waals surface area contributed by atoms with Gasteiger partial charge in [0.15, 0.2) is 9.84 Å². The first-order valence-electron chi connectivity index (χ1n) is 13.6. The lowest BCUT2D eigenvalue weighted by molar-refractivity contribution is -0.149. The van der Waals surface area contributed by atoms with Crippen molar-refractivity contribution < 1.29 is 27.4 Å². The normalized spacial score (nSPS) is 21.1. The van der Waals surface area contributed by atoms with Gasteiger partial charge in [-0.3, -0.25) is 14.6 Å². The van der Waals surface area contributed by atoms with Crippen LogP contribution in [-0.4, -0.2) is 76.1 Å². The lowest BCUT2D eigenvalue weighted by atomic mass is 9.96. The Morgan fingerprint density at radius 1 is 0.947 bits per heavy atom. The number of ether oxygens (including phenoxy) is 3. The van der Waals surface area contributed by atoms with Crippen molar-refractivity contribution >= 4 is 15.8 Å². The third-order valence-electron chi connectivity index (χ3n) is 7.46. The number of sulfone groups is 1. The number of benzene rings is 2. The summed E-state index contributed by atoms with van der Waals surface area (Å²) in [6, 6.07) is 14.3. The largest absolute Gasteiger partial charge is 0.497 e. The Morgan fingerprint density at radius 3 is 2.29 bits per heavy atom. The number of carbonyl (C=O) groups is 1. The van der Waals surface area contributed by atoms with Gasteiger partial charge in [0.2, 0.25) is 0 Å². The number of hydrogen-bond acceptors (Lipinski definition) is 8. The molecule has 38 heavy (non-hydrogen) atoms. The van der Waals surface area contributed by atoms with Crippen molar-refractivity contribution in [3.05, 3.63) is 54.1 Å². The van der Waals surface area contributed by atoms with Crippen LogP contribution in [0.25, 0.3) is 0 Å². The van der Waals surface area contributed by atoms with Gasteiger partial charge in [0.25, 0.3) is 0 Å². The maximum atomic E-state index is 13.8. The molecule has 2 aromatic carbocycles. The van der Waals surface area contributed by atoms with Crippen molar-refractivity contribution in [3.8, 4) is 11.5 Å². The Kier molecular flexibility index (Phi) is 10.0. The minimum Gasteiger partial charge on any atom is -0.497 e. The summed E-state index contributed by atoms with van der Waals surface area (Å²) in [7, 11) is -2.19. The molecule has 2 unspecified atom stereocenters. The maximum absolute atomic E-state index is 13.8. The quantitative estimate of drug-likeness (QED) is 0.391. The Hall–Kier alpha value is -2.62. The summed E-state index contributed by atoms with van der Waals surface area (Å²) in [6.45, 7) is 6.87. The van der Waals surface area contributed by atoms with Crippen LogP contribution in [0.2, 0.25) is 0 Å². The molecule has 2 aliphatic rings. The number of piperidine rings is 2. The van der Waals surface area contributed by atoms with Gasteiger partial charge in [0, 0.05) is 19.6 Å². The first kappa shape index (κ1) is 28.4. The fourth-order valence-electron chi connectivity index (χ4n) is 5.28. The van der Waals surface area contributed by atoms with Crippen molar-refractivity contribution in [1.29, 1.82) is 0 Å². The van der Waals surface area contributed by atoms with Crippen molar-refractivity contribution in [2.45, 2.75) is 55.8 Å². The molecular formula is C29H40N2O6S. The van der Waals surface area contributed by atoms with E-state index in [-0.39, 0.29) is 23.9 Å². The Morgan fingerprint density at radius 2 is 1.63 bits per heavy atom. The Balaban J connectivity index is 1.44. The fraction of sp³-hybridized carbons (Fsp3) is 0.552. The van der Waals surface area contributed by atoms with Crippen molar-refractivity contribution in [2.24, 2.45) is 5.92 Å². The predicted molar refractivity (Wildman–Crippen MR) is 146 cm³/mol. The van der Waals surface area contributed by atoms with Crippen LogP contribution < -0.4 is 9.47 Å². The molecule has 2 fully saturated rings. The van der Waals surface area contributed by atoms with Crippen LogP contribution in [0.1, 0.15) is 44.6 Å². The minimum absolute atomic E-state index is 0.199. The highest BCUT2D eigenvalue weighted by Crippen LogP contribution is 2.33. The summed E-state index contributed by atoms with van der Waals surface area (Å²) in [4.78, 5) is 17.1. The van der Waals surface area contributed by atoms with Crippen LogP contribution in [-0.2, 0) is 25.9 Å². The first-order chi connectivity index (χ1) is 18.4. The lowest BCUT2D eigenvalue weighted by Gasteiger charge is -2.38. The van der Waals surface area contributed by atoms with Crippen LogP contribution in [0.15, 0.2) is 53.4 Å². The molecule has 208 valence electrons. The number of methoxy groups -OCH3 is 1. The van der Waals surface area contributed by atoms with Crippen LogP contribution in [0.4, 0.5) is 0 Å². The van der Waals surface area contributed by atoms with Crippen molar-refractivity contribution in [2.75, 3.05) is 46.5 Å². The molecule has 0 aromatic heterocycles. The average Bonchev–Trinajstić information content (AvgIpc) is 2.95. The van der Waals surface area contributed by atoms with Gasteiger partial charge >= 0.3 is 5.97 Å². The summed E-state index contributed by atoms with van der Waals surface area (Å²) < 4.78 is 43.9. The summed E-state index contributed by atoms with van der Waals surface area (Å²) in [6.07, 6.45) is 4.61. The highest BCUT2D eigenvalue weighted by atomic mass is 32.2. The van der Waals surface area contributed by atoms with Gasteiger partial charge in [0.1, 0.15) is 23.5 Å². The van der Waals surface area contributed by atoms with E-state index in [9.17, 15) is 13.2 Å². The third-order valence-corrected chi connectivity index (χ3v) is 9.59. The van der Waals surface area contributed by atoms with E-state index in [1.807, 2.05) is 29.2 Å². The molecule has 2 saturated heterocycles. The number of likely N-dealkylation sites (tertiary alicyclic amines) is 2. The van der Waals surface area contributed by atoms with E-state index in [1.165, 1.54) is 19.3 Å². The first-order valence-corrected chi connectivity index (χ1v) is 15.2. The second kappa shape index (κ2) is 13.4. The molecule has 0 N–H and O–H groups in total. The maximum Gasteiger partial charge on any atom is 0.309 e. The number of rotatable bonds is 11. The highest BCUT2D eigenvalue weighted by Gasteiger charge is 2.41. The van der Waals surface area contributed by atoms with E-state index in [0.29, 0.717) is 31.9 Å². The standard InChI is InChI=1S/C29H40N2O6S/c1-3-36-29(32)24-15-18-31(28(21-24)38(33,34)27-13-11-25(35-2)12-14-27)22-23-7-9-26(10-8-23)37-20-19-30-16-5-4-6-17-30/h7-14,24,28H,3-6,15-22H2,1-2H3. The summed E-state index contributed by atoms with van der Waals surface area (Å²) >= 11 is 0. The molecule has 0 saturated carbocycles. The SMILES string of the molecule is CCOC(=O)C1CCN(Cc2ccc(OCCN3CCCCC3)cc2)C(S(=O)(=O)c2ccc(OC)cc2)C1. The molecule has 2 aromatic rings. The van der Waals surface area contributed by atoms with Gasteiger partial charge in [-0.2, -0.15) is 0 Å². The van der Waals surface area contributed by atoms with E-state index >= 15 is 0 Å². The highest BCUT2D eigenvalue weighted by molar-refractivity contribution is 7.92. The van der Waals surface area contributed by atoms with Gasteiger partial charge in [-0.05, 0) is 87.7 Å². The van der Waals surface area contributed by atoms with E-state index in [2.05, 4.69) is 4.90 Å². The van der Waals surface area contributed by atoms with Gasteiger partial charge in [-0.1, -0.05) is 18.6 Å². The van der Waals surface area contributed by atoms with Gasteiger partial charge in [-0.25, -0.2) is 8.42 Å². The van der Waals surface area contributed by atoms with Crippen LogP contribution in [0, 0.1) is 5.92 Å². The molecule has 0 radical (unpaired) electrons. The second-order valence-corrected chi connectivity index (χ2v) is 12.1. The van der Waals surface area contributed by atoms with E-state index in [1.54, 1.807) is 38.3 Å². The molecule has 0 aliphatic carbocycles. The molecule has 2 aliphatic heterocycles. The van der Waals surface area contributed by atoms with Crippen molar-refractivity contribution in [3.63, 3.8) is 0 Å². The van der Waals surface area contributed by atoms with E-state index < -0.39 is 21.1 Å². The number of nitrogens with zero attached hydrogens (tertiary/aromatic N) is 2. The summed E-state index contributed by atoms with van der Waals surface area (Å²) in [5.41, 5.74) is 0.998. The summed E-state index contributed by atoms with van der Waals surface area (Å²) in [5.74, 6) is 0.634. The van der Waals surface area contributed by atoms with E-state index in [4.69, 9.17) is 14.2 Å². The number of carbonyl (C=O) groups excluding carboxylic acids is 1. The zero-order valence-electron chi connectivity index (χ0n) is 22.5. The molecule has 0 amide bonds. The van der Waals surface area contributed by atoms with E-state index in [0.717, 1.165) is 30.9 Å². The molecule has 4 rings (SSSR count). The van der Waals surface area contributed by atoms with Crippen LogP contribution in [0.5, 0.6) is 11.5 Å². The monoisotopic (exact) mass is 544 g/mol. The molecular weight excluding hydrogens is 504 g/mol. The van der Waals surface area contributed by atoms with Gasteiger partial charge < -0.3 is 14.2 Å². The zero-order valence-corrected chi connectivity index (χ0v) is 23.3. The van der Waals surface area contributed by atoms with Gasteiger partial charge in [0.05, 0.1) is 24.5 Å². The molecule has 0 bridgehead atoms. The smallest absolute Gasteiger partial charge is 0.309 e. The van der Waals surface area contributed by atoms with Crippen molar-refractivity contribution in [1.82, 2.24) is 9.80 Å². The molecule has 9 heteroatoms. The number of esters is 1. The second-order valence-electron chi connectivity index (χ2n) is 10.0. The summed E-state index contributed by atoms with van der Waals surface area (Å²) in [5, 5.41) is -0.834. The molecule has 2 atom stereocenters. The Bertz CT molecular complexity index is 1130. The average molecular weight is 545 g/mol. The Labute approximate surface area is 226 Å².